The Morgan fingerprint density at radius 1 is 1.24 bits per heavy atom. The van der Waals surface area contributed by atoms with Gasteiger partial charge in [0.15, 0.2) is 0 Å². The normalized spacial score (nSPS) is 28.1. The van der Waals surface area contributed by atoms with Crippen LogP contribution in [0.3, 0.4) is 0 Å². The first-order valence-electron chi connectivity index (χ1n) is 9.74. The van der Waals surface area contributed by atoms with Gasteiger partial charge in [-0.25, -0.2) is 0 Å². The average molecular weight is 426 g/mol. The number of fused-ring (bicyclic) bond motifs is 4. The van der Waals surface area contributed by atoms with Crippen LogP contribution in [0.15, 0.2) is 53.4 Å². The number of carbonyl (C=O) groups excluding carboxylic acids is 2. The molecule has 5 rings (SSSR count). The summed E-state index contributed by atoms with van der Waals surface area (Å²) < 4.78 is 0. The van der Waals surface area contributed by atoms with Crippen LogP contribution < -0.4 is 10.2 Å². The van der Waals surface area contributed by atoms with Gasteiger partial charge in [0.1, 0.15) is 5.54 Å². The third-order valence-corrected chi connectivity index (χ3v) is 8.21. The first-order chi connectivity index (χ1) is 14.1. The number of anilines is 2. The lowest BCUT2D eigenvalue weighted by Crippen LogP contribution is -2.54. The van der Waals surface area contributed by atoms with Crippen LogP contribution in [-0.4, -0.2) is 47.7 Å². The number of hydrogen-bond acceptors (Lipinski definition) is 5. The Morgan fingerprint density at radius 2 is 2.07 bits per heavy atom. The van der Waals surface area contributed by atoms with Crippen LogP contribution in [0.5, 0.6) is 0 Å². The molecular formula is C22H23N3O2S2. The maximum atomic E-state index is 13.7. The Labute approximate surface area is 179 Å². The van der Waals surface area contributed by atoms with E-state index < -0.39 is 11.5 Å². The third-order valence-electron chi connectivity index (χ3n) is 6.41. The van der Waals surface area contributed by atoms with E-state index in [0.29, 0.717) is 6.42 Å². The van der Waals surface area contributed by atoms with Crippen molar-refractivity contribution in [3.63, 3.8) is 0 Å². The number of nitrogens with one attached hydrogen (secondary N) is 1. The van der Waals surface area contributed by atoms with Crippen LogP contribution in [0.25, 0.3) is 0 Å². The van der Waals surface area contributed by atoms with Crippen molar-refractivity contribution in [1.82, 2.24) is 4.90 Å². The number of rotatable bonds is 3. The summed E-state index contributed by atoms with van der Waals surface area (Å²) in [6.07, 6.45) is 2.72. The molecular weight excluding hydrogens is 402 g/mol. The van der Waals surface area contributed by atoms with Gasteiger partial charge in [0.2, 0.25) is 5.91 Å². The summed E-state index contributed by atoms with van der Waals surface area (Å²) in [6.45, 7) is 0. The number of hydrogen-bond donors (Lipinski definition) is 1. The van der Waals surface area contributed by atoms with Crippen LogP contribution in [0.4, 0.5) is 11.4 Å². The largest absolute Gasteiger partial charge is 0.326 e. The van der Waals surface area contributed by atoms with Crippen molar-refractivity contribution in [2.75, 3.05) is 35.1 Å². The number of carbonyl (C=O) groups is 2. The van der Waals surface area contributed by atoms with E-state index in [9.17, 15) is 9.59 Å². The molecule has 1 N–H and O–H groups in total. The van der Waals surface area contributed by atoms with Crippen LogP contribution in [0.2, 0.25) is 0 Å². The minimum atomic E-state index is -0.902. The lowest BCUT2D eigenvalue weighted by molar-refractivity contribution is -0.136. The molecule has 0 unspecified atom stereocenters. The van der Waals surface area contributed by atoms with E-state index in [1.54, 1.807) is 16.7 Å². The maximum absolute atomic E-state index is 13.7. The van der Waals surface area contributed by atoms with Crippen molar-refractivity contribution in [3.8, 4) is 0 Å². The van der Waals surface area contributed by atoms with Gasteiger partial charge in [-0.15, -0.1) is 23.5 Å². The Hall–Kier alpha value is -1.96. The van der Waals surface area contributed by atoms with Crippen molar-refractivity contribution in [1.29, 1.82) is 0 Å². The van der Waals surface area contributed by atoms with E-state index in [1.807, 2.05) is 73.6 Å². The molecule has 3 atom stereocenters. The SMILES string of the molecule is CSc1cccc(NC(=O)[C@@H]2C[C@H]3CSCN3[C@]23C(=O)N(C)c2ccccc23)c1. The van der Waals surface area contributed by atoms with Crippen molar-refractivity contribution < 1.29 is 9.59 Å². The van der Waals surface area contributed by atoms with E-state index in [2.05, 4.69) is 10.2 Å². The summed E-state index contributed by atoms with van der Waals surface area (Å²) in [4.78, 5) is 32.3. The molecule has 7 heteroatoms. The van der Waals surface area contributed by atoms with Gasteiger partial charge < -0.3 is 10.2 Å². The summed E-state index contributed by atoms with van der Waals surface area (Å²) in [5.74, 6) is 1.28. The summed E-state index contributed by atoms with van der Waals surface area (Å²) in [5, 5.41) is 3.11. The molecule has 150 valence electrons. The first kappa shape index (κ1) is 19.0. The second-order valence-electron chi connectivity index (χ2n) is 7.78. The molecule has 3 aliphatic rings. The highest BCUT2D eigenvalue weighted by molar-refractivity contribution is 7.99. The lowest BCUT2D eigenvalue weighted by atomic mass is 9.79. The maximum Gasteiger partial charge on any atom is 0.252 e. The molecule has 0 aromatic heterocycles. The second kappa shape index (κ2) is 7.07. The molecule has 3 heterocycles. The van der Waals surface area contributed by atoms with Gasteiger partial charge in [-0.05, 0) is 36.9 Å². The van der Waals surface area contributed by atoms with Gasteiger partial charge in [0.25, 0.3) is 5.91 Å². The van der Waals surface area contributed by atoms with Crippen LogP contribution in [0, 0.1) is 5.92 Å². The Balaban J connectivity index is 1.57. The molecule has 2 aromatic rings. The Morgan fingerprint density at radius 3 is 2.90 bits per heavy atom. The monoisotopic (exact) mass is 425 g/mol. The van der Waals surface area contributed by atoms with Crippen LogP contribution >= 0.6 is 23.5 Å². The summed E-state index contributed by atoms with van der Waals surface area (Å²) >= 11 is 3.49. The second-order valence-corrected chi connectivity index (χ2v) is 9.66. The number of thioether (sulfide) groups is 2. The quantitative estimate of drug-likeness (QED) is 0.762. The molecule has 1 spiro atoms. The van der Waals surface area contributed by atoms with Crippen molar-refractivity contribution in [3.05, 3.63) is 54.1 Å². The number of amides is 2. The van der Waals surface area contributed by atoms with E-state index in [1.165, 1.54) is 0 Å². The highest BCUT2D eigenvalue weighted by Gasteiger charge is 2.66. The van der Waals surface area contributed by atoms with Gasteiger partial charge in [-0.3, -0.25) is 14.5 Å². The molecule has 0 bridgehead atoms. The fourth-order valence-corrected chi connectivity index (χ4v) is 6.88. The van der Waals surface area contributed by atoms with Gasteiger partial charge in [0.05, 0.1) is 5.92 Å². The van der Waals surface area contributed by atoms with Gasteiger partial charge in [-0.1, -0.05) is 24.3 Å². The van der Waals surface area contributed by atoms with Crippen LogP contribution in [0.1, 0.15) is 12.0 Å². The predicted octanol–water partition coefficient (Wildman–Crippen LogP) is 3.61. The molecule has 2 fully saturated rings. The zero-order valence-electron chi connectivity index (χ0n) is 16.4. The van der Waals surface area contributed by atoms with E-state index >= 15 is 0 Å². The topological polar surface area (TPSA) is 52.7 Å². The van der Waals surface area contributed by atoms with Gasteiger partial charge >= 0.3 is 0 Å². The zero-order chi connectivity index (χ0) is 20.2. The average Bonchev–Trinajstić information content (AvgIpc) is 3.38. The smallest absolute Gasteiger partial charge is 0.252 e. The predicted molar refractivity (Wildman–Crippen MR) is 119 cm³/mol. The third kappa shape index (κ3) is 2.67. The molecule has 0 radical (unpaired) electrons. The minimum Gasteiger partial charge on any atom is -0.326 e. The molecule has 2 amide bonds. The minimum absolute atomic E-state index is 0.0155. The number of likely N-dealkylation sites (N-methyl/N-ethyl adjacent to an activating group) is 1. The molecule has 0 aliphatic carbocycles. The summed E-state index contributed by atoms with van der Waals surface area (Å²) in [5.41, 5.74) is 1.76. The van der Waals surface area contributed by atoms with Crippen molar-refractivity contribution in [2.45, 2.75) is 22.9 Å². The van der Waals surface area contributed by atoms with Crippen molar-refractivity contribution in [2.24, 2.45) is 5.92 Å². The Kier molecular flexibility index (Phi) is 4.64. The summed E-state index contributed by atoms with van der Waals surface area (Å²) in [7, 11) is 1.82. The Bertz CT molecular complexity index is 998. The van der Waals surface area contributed by atoms with E-state index in [4.69, 9.17) is 0 Å². The molecule has 2 saturated heterocycles. The lowest BCUT2D eigenvalue weighted by Gasteiger charge is -2.36. The number of nitrogens with zero attached hydrogens (tertiary/aromatic N) is 2. The molecule has 3 aliphatic heterocycles. The summed E-state index contributed by atoms with van der Waals surface area (Å²) in [6, 6.07) is 16.0. The fraction of sp³-hybridized carbons (Fsp3) is 0.364. The number of benzene rings is 2. The molecule has 2 aromatic carbocycles. The fourth-order valence-electron chi connectivity index (χ4n) is 5.12. The number of para-hydroxylation sites is 1. The first-order valence-corrected chi connectivity index (χ1v) is 12.1. The molecule has 5 nitrogen and oxygen atoms in total. The highest BCUT2D eigenvalue weighted by Crippen LogP contribution is 2.57. The van der Waals surface area contributed by atoms with E-state index in [-0.39, 0.29) is 17.9 Å². The van der Waals surface area contributed by atoms with Gasteiger partial charge in [-0.2, -0.15) is 0 Å². The van der Waals surface area contributed by atoms with Crippen molar-refractivity contribution >= 4 is 46.7 Å². The van der Waals surface area contributed by atoms with Gasteiger partial charge in [0, 0.05) is 46.6 Å². The van der Waals surface area contributed by atoms with Crippen LogP contribution in [-0.2, 0) is 15.1 Å². The standard InChI is InChI=1S/C22H23N3O2S2/c1-24-19-9-4-3-8-17(19)22(21(24)27)18(11-15-12-29-13-25(15)22)20(26)23-14-6-5-7-16(10-14)28-2/h3-10,15,18H,11-13H2,1-2H3,(H,23,26)/t15-,18-,22-/m0/s1. The highest BCUT2D eigenvalue weighted by atomic mass is 32.2. The van der Waals surface area contributed by atoms with E-state index in [0.717, 1.165) is 33.5 Å². The zero-order valence-corrected chi connectivity index (χ0v) is 18.1. The molecule has 0 saturated carbocycles. The molecule has 29 heavy (non-hydrogen) atoms.